The third kappa shape index (κ3) is 39.6. The van der Waals surface area contributed by atoms with Crippen molar-refractivity contribution in [3.05, 3.63) is 36.5 Å². The van der Waals surface area contributed by atoms with Crippen LogP contribution in [0.1, 0.15) is 264 Å². The second-order valence-electron chi connectivity index (χ2n) is 20.5. The minimum Gasteiger partial charge on any atom is -0.457 e. The number of phosphoric acid groups is 1. The molecule has 418 valence electrons. The molecule has 0 spiro atoms. The third-order valence-electron chi connectivity index (χ3n) is 13.8. The molecular formula is C58H109O12P. The molecule has 0 bridgehead atoms. The van der Waals surface area contributed by atoms with E-state index in [0.29, 0.717) is 13.0 Å². The Morgan fingerprint density at radius 3 is 1.20 bits per heavy atom. The maximum Gasteiger partial charge on any atom is 0.472 e. The first kappa shape index (κ1) is 67.6. The summed E-state index contributed by atoms with van der Waals surface area (Å²) in [5.41, 5.74) is 0. The lowest BCUT2D eigenvalue weighted by Crippen LogP contribution is -2.64. The zero-order valence-electron chi connectivity index (χ0n) is 45.3. The highest BCUT2D eigenvalue weighted by Crippen LogP contribution is 2.47. The topological polar surface area (TPSA) is 192 Å². The normalized spacial score (nSPS) is 21.0. The molecule has 12 nitrogen and oxygen atoms in total. The second-order valence-corrected chi connectivity index (χ2v) is 21.9. The first-order chi connectivity index (χ1) is 34.5. The van der Waals surface area contributed by atoms with Crippen molar-refractivity contribution in [2.75, 3.05) is 19.8 Å². The van der Waals surface area contributed by atoms with Gasteiger partial charge in [-0.3, -0.25) is 13.8 Å². The van der Waals surface area contributed by atoms with Gasteiger partial charge in [0.1, 0.15) is 42.7 Å². The summed E-state index contributed by atoms with van der Waals surface area (Å²) in [7, 11) is -5.03. The SMILES string of the molecule is CCCCCCC/C=C\C/C=C\C/C=C\CCCCCCCCCOCC(COP(=O)(O)OC1C(O)C(O)C(O)C(O)C1O)OC(=O)CCCCCCCCCCCCCCCCCCCCCCCC. The molecule has 0 aliphatic heterocycles. The minimum atomic E-state index is -5.03. The first-order valence-corrected chi connectivity index (χ1v) is 30.8. The summed E-state index contributed by atoms with van der Waals surface area (Å²) >= 11 is 0. The van der Waals surface area contributed by atoms with Crippen LogP contribution in [0.25, 0.3) is 0 Å². The smallest absolute Gasteiger partial charge is 0.457 e. The van der Waals surface area contributed by atoms with Crippen molar-refractivity contribution in [3.63, 3.8) is 0 Å². The Balaban J connectivity index is 2.28. The van der Waals surface area contributed by atoms with Crippen LogP contribution >= 0.6 is 7.82 Å². The van der Waals surface area contributed by atoms with Crippen LogP contribution in [0, 0.1) is 0 Å². The van der Waals surface area contributed by atoms with Gasteiger partial charge in [-0.1, -0.05) is 243 Å². The van der Waals surface area contributed by atoms with Crippen LogP contribution < -0.4 is 0 Å². The van der Waals surface area contributed by atoms with Crippen molar-refractivity contribution in [2.45, 2.75) is 307 Å². The molecule has 1 aliphatic carbocycles. The molecule has 0 heterocycles. The van der Waals surface area contributed by atoms with E-state index in [2.05, 4.69) is 50.3 Å². The van der Waals surface area contributed by atoms with Gasteiger partial charge in [-0.25, -0.2) is 4.57 Å². The maximum absolute atomic E-state index is 12.9. The fourth-order valence-electron chi connectivity index (χ4n) is 9.13. The van der Waals surface area contributed by atoms with E-state index in [9.17, 15) is 39.8 Å². The van der Waals surface area contributed by atoms with Crippen molar-refractivity contribution in [1.29, 1.82) is 0 Å². The Bertz CT molecular complexity index is 1310. The van der Waals surface area contributed by atoms with Crippen molar-refractivity contribution in [1.82, 2.24) is 0 Å². The predicted octanol–water partition coefficient (Wildman–Crippen LogP) is 14.2. The largest absolute Gasteiger partial charge is 0.472 e. The zero-order chi connectivity index (χ0) is 51.9. The Morgan fingerprint density at radius 1 is 0.451 bits per heavy atom. The zero-order valence-corrected chi connectivity index (χ0v) is 46.2. The number of ether oxygens (including phenoxy) is 2. The molecule has 0 aromatic heterocycles. The molecule has 71 heavy (non-hydrogen) atoms. The molecule has 1 aliphatic rings. The lowest BCUT2D eigenvalue weighted by atomic mass is 9.85. The molecule has 0 amide bonds. The molecule has 0 radical (unpaired) electrons. The lowest BCUT2D eigenvalue weighted by Gasteiger charge is -2.41. The quantitative estimate of drug-likeness (QED) is 0.0146. The fraction of sp³-hybridized carbons (Fsp3) is 0.879. The first-order valence-electron chi connectivity index (χ1n) is 29.3. The molecule has 0 saturated heterocycles. The number of aliphatic hydroxyl groups excluding tert-OH is 5. The summed E-state index contributed by atoms with van der Waals surface area (Å²) in [4.78, 5) is 23.3. The van der Waals surface area contributed by atoms with Crippen molar-refractivity contribution in [3.8, 4) is 0 Å². The van der Waals surface area contributed by atoms with E-state index >= 15 is 0 Å². The van der Waals surface area contributed by atoms with Crippen LogP contribution in [0.5, 0.6) is 0 Å². The number of carbonyl (C=O) groups is 1. The summed E-state index contributed by atoms with van der Waals surface area (Å²) in [6, 6.07) is 0. The Hall–Kier alpha value is -1.44. The lowest BCUT2D eigenvalue weighted by molar-refractivity contribution is -0.220. The number of rotatable bonds is 51. The molecular weight excluding hydrogens is 920 g/mol. The third-order valence-corrected chi connectivity index (χ3v) is 14.8. The van der Waals surface area contributed by atoms with E-state index in [4.69, 9.17) is 18.5 Å². The minimum absolute atomic E-state index is 0.0803. The molecule has 1 fully saturated rings. The van der Waals surface area contributed by atoms with Crippen molar-refractivity contribution in [2.24, 2.45) is 0 Å². The second kappa shape index (κ2) is 48.2. The summed E-state index contributed by atoms with van der Waals surface area (Å²) in [5.74, 6) is -0.475. The number of esters is 1. The number of phosphoric ester groups is 1. The average molecular weight is 1030 g/mol. The van der Waals surface area contributed by atoms with Gasteiger partial charge in [0.2, 0.25) is 0 Å². The standard InChI is InChI=1S/C58H109O12P/c1-3-5-7-9-11-13-15-17-19-21-23-25-27-29-31-33-35-37-39-41-43-45-47-52(59)69-51(50-68-71(65,66)70-58-56(63)54(61)53(60)55(62)57(58)64)49-67-48-46-44-42-40-38-36-34-32-30-28-26-24-22-20-18-16-14-12-10-8-6-4-2/h16,18,22,24,28,30,51,53-58,60-64H,3-15,17,19-21,23,25-27,29,31-50H2,1-2H3,(H,65,66)/b18-16-,24-22-,30-28-. The molecule has 13 heteroatoms. The monoisotopic (exact) mass is 1030 g/mol. The van der Waals surface area contributed by atoms with Gasteiger partial charge in [0.05, 0.1) is 13.2 Å². The van der Waals surface area contributed by atoms with Crippen LogP contribution in [0.15, 0.2) is 36.5 Å². The fourth-order valence-corrected chi connectivity index (χ4v) is 10.1. The molecule has 6 unspecified atom stereocenters. The molecule has 1 rings (SSSR count). The molecule has 6 atom stereocenters. The highest BCUT2D eigenvalue weighted by molar-refractivity contribution is 7.47. The Kier molecular flexibility index (Phi) is 45.9. The maximum atomic E-state index is 12.9. The Morgan fingerprint density at radius 2 is 0.789 bits per heavy atom. The molecule has 0 aromatic carbocycles. The predicted molar refractivity (Wildman–Crippen MR) is 290 cm³/mol. The van der Waals surface area contributed by atoms with Gasteiger partial charge in [0.25, 0.3) is 0 Å². The van der Waals surface area contributed by atoms with Crippen LogP contribution in [0.4, 0.5) is 0 Å². The average Bonchev–Trinajstić information content (AvgIpc) is 3.36. The summed E-state index contributed by atoms with van der Waals surface area (Å²) in [6.07, 6.45) is 47.8. The van der Waals surface area contributed by atoms with E-state index in [1.54, 1.807) is 0 Å². The van der Waals surface area contributed by atoms with E-state index in [0.717, 1.165) is 64.2 Å². The van der Waals surface area contributed by atoms with Crippen LogP contribution in [-0.2, 0) is 27.9 Å². The highest BCUT2D eigenvalue weighted by atomic mass is 31.2. The van der Waals surface area contributed by atoms with E-state index < -0.39 is 63.1 Å². The van der Waals surface area contributed by atoms with Gasteiger partial charge >= 0.3 is 13.8 Å². The molecule has 1 saturated carbocycles. The van der Waals surface area contributed by atoms with Crippen LogP contribution in [0.2, 0.25) is 0 Å². The van der Waals surface area contributed by atoms with Gasteiger partial charge in [-0.2, -0.15) is 0 Å². The number of aliphatic hydroxyl groups is 5. The number of carbonyl (C=O) groups excluding carboxylic acids is 1. The van der Waals surface area contributed by atoms with Gasteiger partial charge < -0.3 is 39.9 Å². The van der Waals surface area contributed by atoms with Crippen molar-refractivity contribution >= 4 is 13.8 Å². The summed E-state index contributed by atoms with van der Waals surface area (Å²) < 4.78 is 34.4. The summed E-state index contributed by atoms with van der Waals surface area (Å²) in [5, 5.41) is 50.4. The number of hydrogen-bond acceptors (Lipinski definition) is 11. The number of hydrogen-bond donors (Lipinski definition) is 6. The van der Waals surface area contributed by atoms with Gasteiger partial charge in [0.15, 0.2) is 0 Å². The van der Waals surface area contributed by atoms with E-state index in [1.165, 1.54) is 173 Å². The van der Waals surface area contributed by atoms with Gasteiger partial charge in [-0.15, -0.1) is 0 Å². The van der Waals surface area contributed by atoms with Crippen LogP contribution in [0.3, 0.4) is 0 Å². The number of unbranched alkanes of at least 4 members (excludes halogenated alkanes) is 33. The highest BCUT2D eigenvalue weighted by Gasteiger charge is 2.51. The molecule has 0 aromatic rings. The Labute approximate surface area is 433 Å². The molecule has 6 N–H and O–H groups in total. The van der Waals surface area contributed by atoms with Gasteiger partial charge in [-0.05, 0) is 51.4 Å². The van der Waals surface area contributed by atoms with Crippen LogP contribution in [-0.4, -0.2) is 98.9 Å². The number of allylic oxidation sites excluding steroid dienone is 6. The van der Waals surface area contributed by atoms with Crippen molar-refractivity contribution < 1.29 is 58.3 Å². The van der Waals surface area contributed by atoms with E-state index in [1.807, 2.05) is 0 Å². The van der Waals surface area contributed by atoms with Gasteiger partial charge in [0, 0.05) is 13.0 Å². The summed E-state index contributed by atoms with van der Waals surface area (Å²) in [6.45, 7) is 4.28. The van der Waals surface area contributed by atoms with E-state index in [-0.39, 0.29) is 13.0 Å².